The van der Waals surface area contributed by atoms with E-state index in [1.54, 1.807) is 35.3 Å². The lowest BCUT2D eigenvalue weighted by atomic mass is 10.5. The Morgan fingerprint density at radius 1 is 0.750 bits per heavy atom. The molecule has 3 N–H and O–H groups in total. The molecule has 0 aliphatic heterocycles. The molecule has 0 aromatic carbocycles. The molecule has 0 aliphatic rings. The van der Waals surface area contributed by atoms with Gasteiger partial charge in [0.2, 0.25) is 0 Å². The van der Waals surface area contributed by atoms with Crippen LogP contribution >= 0.6 is 35.3 Å². The molecule has 0 heterocycles. The summed E-state index contributed by atoms with van der Waals surface area (Å²) < 4.78 is 0. The molecule has 98 valence electrons. The van der Waals surface area contributed by atoms with E-state index in [1.165, 1.54) is 0 Å². The molecule has 0 aromatic heterocycles. The smallest absolute Gasteiger partial charge is 0.0720 e. The van der Waals surface area contributed by atoms with Gasteiger partial charge in [-0.3, -0.25) is 0 Å². The lowest BCUT2D eigenvalue weighted by molar-refractivity contribution is 0.225. The van der Waals surface area contributed by atoms with Crippen LogP contribution in [0.5, 0.6) is 0 Å². The molecule has 0 rings (SSSR count). The average molecular weight is 286 g/mol. The first-order chi connectivity index (χ1) is 7.81. The zero-order chi connectivity index (χ0) is 12.1. The quantitative estimate of drug-likeness (QED) is 0.464. The van der Waals surface area contributed by atoms with E-state index < -0.39 is 0 Å². The van der Waals surface area contributed by atoms with Crippen molar-refractivity contribution in [3.63, 3.8) is 0 Å². The molecule has 1 unspecified atom stereocenters. The summed E-state index contributed by atoms with van der Waals surface area (Å²) in [5, 5.41) is 26.7. The topological polar surface area (TPSA) is 60.7 Å². The third-order valence-corrected chi connectivity index (χ3v) is 5.01. The number of thioether (sulfide) groups is 3. The van der Waals surface area contributed by atoms with E-state index in [0.717, 1.165) is 29.4 Å². The zero-order valence-electron chi connectivity index (χ0n) is 9.51. The third-order valence-electron chi connectivity index (χ3n) is 1.67. The monoisotopic (exact) mass is 286 g/mol. The van der Waals surface area contributed by atoms with Crippen molar-refractivity contribution >= 4 is 35.3 Å². The molecule has 0 fully saturated rings. The van der Waals surface area contributed by atoms with E-state index in [2.05, 4.69) is 0 Å². The maximum absolute atomic E-state index is 9.55. The molecule has 0 saturated carbocycles. The van der Waals surface area contributed by atoms with E-state index >= 15 is 0 Å². The Hall–Kier alpha value is 0.930. The molecule has 0 radical (unpaired) electrons. The Bertz CT molecular complexity index is 138. The van der Waals surface area contributed by atoms with Crippen molar-refractivity contribution in [2.24, 2.45) is 0 Å². The summed E-state index contributed by atoms with van der Waals surface area (Å²) in [6.07, 6.45) is 0.873. The van der Waals surface area contributed by atoms with Gasteiger partial charge in [-0.05, 0) is 17.9 Å². The Kier molecular flexibility index (Phi) is 14.8. The standard InChI is InChI=1S/C10H22O3S3/c11-2-6-14-4-1-5-15-8-10(13)9-16-7-3-12/h10-13H,1-9H2. The fraction of sp³-hybridized carbons (Fsp3) is 1.00. The molecule has 0 spiro atoms. The van der Waals surface area contributed by atoms with Crippen LogP contribution < -0.4 is 0 Å². The highest BCUT2D eigenvalue weighted by Crippen LogP contribution is 2.11. The van der Waals surface area contributed by atoms with Crippen molar-refractivity contribution in [2.45, 2.75) is 12.5 Å². The first kappa shape index (κ1) is 16.9. The van der Waals surface area contributed by atoms with Gasteiger partial charge in [-0.25, -0.2) is 0 Å². The summed E-state index contributed by atoms with van der Waals surface area (Å²) in [6, 6.07) is 0. The normalized spacial score (nSPS) is 12.9. The molecule has 0 aliphatic carbocycles. The van der Waals surface area contributed by atoms with Crippen molar-refractivity contribution in [2.75, 3.05) is 47.7 Å². The molecular weight excluding hydrogens is 264 g/mol. The van der Waals surface area contributed by atoms with Crippen LogP contribution in [0, 0.1) is 0 Å². The summed E-state index contributed by atoms with van der Waals surface area (Å²) in [7, 11) is 0. The first-order valence-electron chi connectivity index (χ1n) is 5.44. The van der Waals surface area contributed by atoms with Crippen LogP contribution in [0.2, 0.25) is 0 Å². The third kappa shape index (κ3) is 13.0. The number of hydrogen-bond acceptors (Lipinski definition) is 6. The fourth-order valence-corrected chi connectivity index (χ4v) is 3.59. The number of hydrogen-bond donors (Lipinski definition) is 3. The van der Waals surface area contributed by atoms with Crippen LogP contribution in [0.15, 0.2) is 0 Å². The van der Waals surface area contributed by atoms with Crippen LogP contribution in [-0.2, 0) is 0 Å². The second-order valence-electron chi connectivity index (χ2n) is 3.22. The fourth-order valence-electron chi connectivity index (χ4n) is 0.981. The molecule has 3 nitrogen and oxygen atoms in total. The van der Waals surface area contributed by atoms with Crippen molar-refractivity contribution in [1.29, 1.82) is 0 Å². The van der Waals surface area contributed by atoms with Gasteiger partial charge in [0.15, 0.2) is 0 Å². The van der Waals surface area contributed by atoms with Crippen molar-refractivity contribution in [3.05, 3.63) is 0 Å². The Balaban J connectivity index is 3.06. The molecule has 0 bridgehead atoms. The first-order valence-corrected chi connectivity index (χ1v) is 8.90. The maximum atomic E-state index is 9.55. The zero-order valence-corrected chi connectivity index (χ0v) is 12.0. The van der Waals surface area contributed by atoms with Gasteiger partial charge in [0.05, 0.1) is 19.3 Å². The van der Waals surface area contributed by atoms with E-state index in [4.69, 9.17) is 10.2 Å². The molecule has 0 saturated heterocycles. The van der Waals surface area contributed by atoms with Crippen LogP contribution in [0.3, 0.4) is 0 Å². The van der Waals surface area contributed by atoms with Crippen LogP contribution in [0.4, 0.5) is 0 Å². The molecule has 1 atom stereocenters. The number of aliphatic hydroxyl groups is 3. The predicted octanol–water partition coefficient (Wildman–Crippen LogP) is 0.922. The minimum Gasteiger partial charge on any atom is -0.396 e. The van der Waals surface area contributed by atoms with Crippen LogP contribution in [0.25, 0.3) is 0 Å². The summed E-state index contributed by atoms with van der Waals surface area (Å²) in [5.41, 5.74) is 0. The van der Waals surface area contributed by atoms with Crippen molar-refractivity contribution in [1.82, 2.24) is 0 Å². The molecule has 0 aromatic rings. The predicted molar refractivity (Wildman–Crippen MR) is 76.8 cm³/mol. The number of rotatable bonds is 12. The molecule has 6 heteroatoms. The highest BCUT2D eigenvalue weighted by Gasteiger charge is 2.03. The second-order valence-corrected chi connectivity index (χ2v) is 6.74. The molecular formula is C10H22O3S3. The second kappa shape index (κ2) is 14.0. The van der Waals surface area contributed by atoms with Gasteiger partial charge >= 0.3 is 0 Å². The summed E-state index contributed by atoms with van der Waals surface area (Å²) in [5.74, 6) is 5.18. The summed E-state index contributed by atoms with van der Waals surface area (Å²) in [6.45, 7) is 0.450. The largest absolute Gasteiger partial charge is 0.396 e. The van der Waals surface area contributed by atoms with Crippen LogP contribution in [-0.4, -0.2) is 69.2 Å². The minimum absolute atomic E-state index is 0.187. The highest BCUT2D eigenvalue weighted by atomic mass is 32.2. The van der Waals surface area contributed by atoms with E-state index in [-0.39, 0.29) is 19.3 Å². The van der Waals surface area contributed by atoms with Gasteiger partial charge < -0.3 is 15.3 Å². The van der Waals surface area contributed by atoms with E-state index in [1.807, 2.05) is 0 Å². The highest BCUT2D eigenvalue weighted by molar-refractivity contribution is 8.00. The maximum Gasteiger partial charge on any atom is 0.0720 e. The minimum atomic E-state index is -0.258. The average Bonchev–Trinajstić information content (AvgIpc) is 2.28. The van der Waals surface area contributed by atoms with Gasteiger partial charge in [0.1, 0.15) is 0 Å². The Morgan fingerprint density at radius 2 is 1.25 bits per heavy atom. The van der Waals surface area contributed by atoms with Gasteiger partial charge in [0.25, 0.3) is 0 Å². The van der Waals surface area contributed by atoms with Gasteiger partial charge in [-0.1, -0.05) is 0 Å². The Labute approximate surface area is 111 Å². The number of aliphatic hydroxyl groups excluding tert-OH is 3. The lowest BCUT2D eigenvalue weighted by Gasteiger charge is -2.09. The van der Waals surface area contributed by atoms with Crippen molar-refractivity contribution < 1.29 is 15.3 Å². The lowest BCUT2D eigenvalue weighted by Crippen LogP contribution is -2.14. The molecule has 16 heavy (non-hydrogen) atoms. The van der Waals surface area contributed by atoms with Gasteiger partial charge in [-0.2, -0.15) is 35.3 Å². The van der Waals surface area contributed by atoms with Gasteiger partial charge in [0, 0.05) is 23.0 Å². The van der Waals surface area contributed by atoms with Crippen molar-refractivity contribution in [3.8, 4) is 0 Å². The van der Waals surface area contributed by atoms with E-state index in [9.17, 15) is 5.11 Å². The summed E-state index contributed by atoms with van der Waals surface area (Å²) in [4.78, 5) is 0. The van der Waals surface area contributed by atoms with Gasteiger partial charge in [-0.15, -0.1) is 0 Å². The Morgan fingerprint density at radius 3 is 1.88 bits per heavy atom. The SMILES string of the molecule is OCCSCCCSCC(O)CSCCO. The molecule has 0 amide bonds. The summed E-state index contributed by atoms with van der Waals surface area (Å²) >= 11 is 5.14. The van der Waals surface area contributed by atoms with Crippen LogP contribution in [0.1, 0.15) is 6.42 Å². The van der Waals surface area contributed by atoms with E-state index in [0.29, 0.717) is 11.5 Å².